The van der Waals surface area contributed by atoms with Crippen molar-refractivity contribution in [2.75, 3.05) is 4.93 Å². The summed E-state index contributed by atoms with van der Waals surface area (Å²) in [4.78, 5) is 2.30. The molecule has 1 aromatic rings. The second-order valence-corrected chi connectivity index (χ2v) is 6.27. The van der Waals surface area contributed by atoms with Gasteiger partial charge in [0.05, 0.1) is 0 Å². The number of hydrogen-bond acceptors (Lipinski definition) is 0. The summed E-state index contributed by atoms with van der Waals surface area (Å²) in [5.41, 5.74) is 1.73. The maximum atomic E-state index is 2.30. The summed E-state index contributed by atoms with van der Waals surface area (Å²) in [6.07, 6.45) is 0. The van der Waals surface area contributed by atoms with Crippen LogP contribution in [0.3, 0.4) is 0 Å². The predicted molar refractivity (Wildman–Crippen MR) is 49.8 cm³/mol. The van der Waals surface area contributed by atoms with Crippen molar-refractivity contribution in [3.05, 3.63) is 33.4 Å². The van der Waals surface area contributed by atoms with E-state index < -0.39 is 0 Å². The fourth-order valence-corrected chi connectivity index (χ4v) is 2.15. The number of alkyl halides is 1. The summed E-state index contributed by atoms with van der Waals surface area (Å²) in [5, 5.41) is 0. The van der Waals surface area contributed by atoms with Gasteiger partial charge in [-0.1, -0.05) is 0 Å². The van der Waals surface area contributed by atoms with Crippen LogP contribution in [-0.2, 0) is 5.41 Å². The van der Waals surface area contributed by atoms with E-state index in [4.69, 9.17) is 0 Å². The first-order valence-electron chi connectivity index (χ1n) is 4.14. The normalized spacial score (nSPS) is 12.0. The molecule has 1 rings (SSSR count). The van der Waals surface area contributed by atoms with Gasteiger partial charge in [-0.3, -0.25) is 0 Å². The molecule has 0 aliphatic rings. The van der Waals surface area contributed by atoms with Crippen LogP contribution >= 0.6 is 0 Å². The SMILES string of the molecule is C[I-]c1ccc(C(C)(C)C)cc1. The summed E-state index contributed by atoms with van der Waals surface area (Å²) in [5.74, 6) is 0. The van der Waals surface area contributed by atoms with Gasteiger partial charge in [0, 0.05) is 0 Å². The molecule has 1 heteroatoms. The van der Waals surface area contributed by atoms with Gasteiger partial charge in [0.1, 0.15) is 0 Å². The Kier molecular flexibility index (Phi) is 3.16. The Morgan fingerprint density at radius 2 is 1.50 bits per heavy atom. The maximum absolute atomic E-state index is 2.30. The van der Waals surface area contributed by atoms with Crippen LogP contribution in [0.15, 0.2) is 24.3 Å². The topological polar surface area (TPSA) is 0 Å². The average Bonchev–Trinajstić information content (AvgIpc) is 2.03. The van der Waals surface area contributed by atoms with Gasteiger partial charge >= 0.3 is 85.7 Å². The average molecular weight is 275 g/mol. The standard InChI is InChI=1S/C11H16I/c1-11(2,3)9-5-7-10(12-4)8-6-9/h5-8H,1-4H3/q-1. The number of halogens is 1. The van der Waals surface area contributed by atoms with Crippen LogP contribution < -0.4 is 21.2 Å². The van der Waals surface area contributed by atoms with Crippen molar-refractivity contribution >= 4 is 0 Å². The molecule has 0 nitrogen and oxygen atoms in total. The molecule has 0 bridgehead atoms. The number of hydrogen-bond donors (Lipinski definition) is 0. The molecule has 0 aromatic heterocycles. The Bertz CT molecular complexity index is 241. The summed E-state index contributed by atoms with van der Waals surface area (Å²) in [6, 6.07) is 9.07. The third kappa shape index (κ3) is 2.47. The Balaban J connectivity index is 2.93. The molecule has 68 valence electrons. The van der Waals surface area contributed by atoms with Gasteiger partial charge in [-0.25, -0.2) is 0 Å². The van der Waals surface area contributed by atoms with Gasteiger partial charge in [-0.15, -0.1) is 0 Å². The van der Waals surface area contributed by atoms with Gasteiger partial charge in [-0.2, -0.15) is 0 Å². The summed E-state index contributed by atoms with van der Waals surface area (Å²) < 4.78 is 1.53. The molecule has 0 aliphatic carbocycles. The number of rotatable bonds is 1. The van der Waals surface area contributed by atoms with E-state index in [0.29, 0.717) is 5.41 Å². The van der Waals surface area contributed by atoms with E-state index >= 15 is 0 Å². The Morgan fingerprint density at radius 1 is 1.00 bits per heavy atom. The zero-order chi connectivity index (χ0) is 9.19. The van der Waals surface area contributed by atoms with Gasteiger partial charge < -0.3 is 0 Å². The van der Waals surface area contributed by atoms with Crippen molar-refractivity contribution in [1.29, 1.82) is 0 Å². The first-order valence-corrected chi connectivity index (χ1v) is 7.37. The van der Waals surface area contributed by atoms with Crippen LogP contribution in [0.1, 0.15) is 26.3 Å². The van der Waals surface area contributed by atoms with Crippen molar-refractivity contribution in [1.82, 2.24) is 0 Å². The second kappa shape index (κ2) is 3.77. The Morgan fingerprint density at radius 3 is 1.83 bits per heavy atom. The van der Waals surface area contributed by atoms with Crippen LogP contribution in [0.2, 0.25) is 0 Å². The number of benzene rings is 1. The minimum atomic E-state index is 0.260. The first-order chi connectivity index (χ1) is 5.54. The van der Waals surface area contributed by atoms with Gasteiger partial charge in [0.15, 0.2) is 0 Å². The zero-order valence-corrected chi connectivity index (χ0v) is 10.3. The quantitative estimate of drug-likeness (QED) is 0.495. The van der Waals surface area contributed by atoms with E-state index in [1.807, 2.05) is 0 Å². The van der Waals surface area contributed by atoms with E-state index in [0.717, 1.165) is 0 Å². The van der Waals surface area contributed by atoms with Crippen molar-refractivity contribution in [3.63, 3.8) is 0 Å². The summed E-state index contributed by atoms with van der Waals surface area (Å²) >= 11 is 0.260. The van der Waals surface area contributed by atoms with E-state index in [1.165, 1.54) is 9.13 Å². The molecule has 0 radical (unpaired) electrons. The molecular formula is C11H16I-. The van der Waals surface area contributed by atoms with Crippen molar-refractivity contribution in [3.8, 4) is 0 Å². The minimum absolute atomic E-state index is 0.260. The van der Waals surface area contributed by atoms with Crippen molar-refractivity contribution < 1.29 is 21.2 Å². The molecule has 0 heterocycles. The second-order valence-electron chi connectivity index (χ2n) is 3.95. The first kappa shape index (κ1) is 10.0. The van der Waals surface area contributed by atoms with E-state index in [-0.39, 0.29) is 21.2 Å². The Labute approximate surface area is 85.6 Å². The molecule has 12 heavy (non-hydrogen) atoms. The monoisotopic (exact) mass is 275 g/mol. The summed E-state index contributed by atoms with van der Waals surface area (Å²) in [6.45, 7) is 6.76. The third-order valence-electron chi connectivity index (χ3n) is 1.93. The fraction of sp³-hybridized carbons (Fsp3) is 0.455. The molecule has 0 aliphatic heterocycles. The molecule has 1 aromatic carbocycles. The van der Waals surface area contributed by atoms with Crippen LogP contribution in [0, 0.1) is 3.57 Å². The molecule has 0 amide bonds. The predicted octanol–water partition coefficient (Wildman–Crippen LogP) is -0.127. The van der Waals surface area contributed by atoms with E-state index in [2.05, 4.69) is 50.0 Å². The van der Waals surface area contributed by atoms with E-state index in [9.17, 15) is 0 Å². The van der Waals surface area contributed by atoms with Crippen molar-refractivity contribution in [2.45, 2.75) is 26.2 Å². The molecule has 0 saturated carbocycles. The zero-order valence-electron chi connectivity index (χ0n) is 8.19. The Hall–Kier alpha value is -0.0500. The van der Waals surface area contributed by atoms with Gasteiger partial charge in [0.25, 0.3) is 0 Å². The van der Waals surface area contributed by atoms with Crippen molar-refractivity contribution in [2.24, 2.45) is 0 Å². The van der Waals surface area contributed by atoms with Crippen LogP contribution in [0.4, 0.5) is 0 Å². The van der Waals surface area contributed by atoms with Gasteiger partial charge in [0.2, 0.25) is 0 Å². The van der Waals surface area contributed by atoms with Gasteiger partial charge in [-0.05, 0) is 0 Å². The third-order valence-corrected chi connectivity index (χ3v) is 3.89. The molecule has 0 saturated heterocycles. The fourth-order valence-electron chi connectivity index (χ4n) is 1.08. The van der Waals surface area contributed by atoms with Crippen LogP contribution in [0.5, 0.6) is 0 Å². The van der Waals surface area contributed by atoms with Crippen LogP contribution in [0.25, 0.3) is 0 Å². The van der Waals surface area contributed by atoms with E-state index in [1.54, 1.807) is 0 Å². The van der Waals surface area contributed by atoms with Crippen LogP contribution in [-0.4, -0.2) is 4.93 Å². The molecule has 0 spiro atoms. The molecule has 0 fully saturated rings. The summed E-state index contributed by atoms with van der Waals surface area (Å²) in [7, 11) is 0. The molecule has 0 unspecified atom stereocenters. The molecule has 0 N–H and O–H groups in total. The molecule has 0 atom stereocenters. The molecular weight excluding hydrogens is 259 g/mol.